The van der Waals surface area contributed by atoms with E-state index in [1.807, 2.05) is 73.7 Å². The molecule has 2 amide bonds. The van der Waals surface area contributed by atoms with Gasteiger partial charge in [0.05, 0.1) is 46.1 Å². The molecule has 824 valence electrons. The first-order valence-electron chi connectivity index (χ1n) is 56.1. The van der Waals surface area contributed by atoms with Gasteiger partial charge in [0.1, 0.15) is 24.0 Å². The number of rotatable bonds is 15. The van der Waals surface area contributed by atoms with Gasteiger partial charge < -0.3 is 55.4 Å². The lowest BCUT2D eigenvalue weighted by Gasteiger charge is -2.70. The molecule has 0 aliphatic heterocycles. The molecule has 15 aliphatic carbocycles. The van der Waals surface area contributed by atoms with Crippen molar-refractivity contribution in [1.82, 2.24) is 10.6 Å². The Hall–Kier alpha value is -8.25. The van der Waals surface area contributed by atoms with Crippen molar-refractivity contribution in [2.75, 3.05) is 35.6 Å². The quantitative estimate of drug-likeness (QED) is 0.0548. The van der Waals surface area contributed by atoms with E-state index in [1.54, 1.807) is 27.7 Å². The van der Waals surface area contributed by atoms with Gasteiger partial charge in [-0.3, -0.25) is 61.9 Å². The monoisotopic (exact) mass is 2060 g/mol. The zero-order valence-electron chi connectivity index (χ0n) is 96.9. The summed E-state index contributed by atoms with van der Waals surface area (Å²) in [5.41, 5.74) is 4.96. The molecule has 7 N–H and O–H groups in total. The van der Waals surface area contributed by atoms with Gasteiger partial charge in [-0.1, -0.05) is 202 Å². The smallest absolute Gasteiger partial charge is 0.322 e. The number of nitrogens with two attached hydrogens (primary N) is 1. The van der Waals surface area contributed by atoms with Crippen LogP contribution in [0.15, 0.2) is 95.6 Å². The maximum absolute atomic E-state index is 14.8. The molecule has 0 unspecified atom stereocenters. The van der Waals surface area contributed by atoms with Crippen LogP contribution < -0.4 is 16.4 Å². The van der Waals surface area contributed by atoms with Gasteiger partial charge in [-0.05, 0) is 382 Å². The Kier molecular flexibility index (Phi) is 32.3. The summed E-state index contributed by atoms with van der Waals surface area (Å²) in [6.45, 7) is 58.2. The van der Waals surface area contributed by atoms with Crippen LogP contribution in [0.5, 0.6) is 0 Å². The van der Waals surface area contributed by atoms with Crippen molar-refractivity contribution in [3.05, 3.63) is 107 Å². The maximum atomic E-state index is 14.8. The largest absolute Gasteiger partial charge is 0.481 e. The van der Waals surface area contributed by atoms with Crippen molar-refractivity contribution in [3.8, 4) is 0 Å². The maximum Gasteiger partial charge on any atom is 0.322 e. The summed E-state index contributed by atoms with van der Waals surface area (Å²) in [4.78, 5) is 156. The molecular weight excluding hydrogens is 1870 g/mol. The molecule has 12 fully saturated rings. The third kappa shape index (κ3) is 19.0. The normalized spacial score (nSPS) is 40.7. The highest BCUT2D eigenvalue weighted by molar-refractivity contribution is 6.03. The third-order valence-electron chi connectivity index (χ3n) is 46.2. The lowest BCUT2D eigenvalue weighted by molar-refractivity contribution is -0.191. The van der Waals surface area contributed by atoms with E-state index in [0.717, 1.165) is 179 Å². The molecule has 0 spiro atoms. The van der Waals surface area contributed by atoms with Crippen LogP contribution in [0.4, 0.5) is 4.39 Å². The van der Waals surface area contributed by atoms with Gasteiger partial charge in [-0.2, -0.15) is 0 Å². The van der Waals surface area contributed by atoms with Gasteiger partial charge >= 0.3 is 41.8 Å². The van der Waals surface area contributed by atoms with Crippen LogP contribution in [0.25, 0.3) is 0 Å². The SMILES string of the molecule is CC1(C)[C@@H](N)CC[C@]2(C)[C@H]3C(=O)C=C4[C@@H]5C[C@@](C)(C(=O)OCc6ccccc6)CC[C@]5(C)CC[C@@]4(C)[C@]3(C)CC[C@@H]12.CO.COC(=O)C(C)(C)C(=O)N[C@H]1CC[C@]2(C)[C@H]3C(=O)C=C4[C@@H]5C[C@@](C)(C(=O)O)CC[C@]5(C)CC[C@@]4(C)[C@]3(C)CC[C@H]2C1(C)C.COC(=O)C(C)(C)C(=O)N[C@H]1CC[C@]2(C)[C@H]3C(=O)C=C4[C@@H]5C[C@@](C)(C(=O)OCc6ccccc6)CC[C@]5(C)CC[C@@]4(C)[C@]3(C)CC[C@H]2C1(C)C.COC(=O)C(C)(C)C(=O)O.[2H]CF. The Morgan fingerprint density at radius 1 is 0.385 bits per heavy atom. The minimum atomic E-state index is -1.44. The number of aliphatic carboxylic acids is 2. The van der Waals surface area contributed by atoms with Crippen LogP contribution in [0.1, 0.15) is 373 Å². The number of amides is 2. The molecule has 148 heavy (non-hydrogen) atoms. The first-order chi connectivity index (χ1) is 68.8. The highest BCUT2D eigenvalue weighted by Crippen LogP contribution is 2.80. The molecule has 0 radical (unpaired) electrons. The number of allylic oxidation sites excluding steroid dienone is 6. The lowest BCUT2D eigenvalue weighted by Crippen LogP contribution is -2.68. The number of halogens is 1. The summed E-state index contributed by atoms with van der Waals surface area (Å²) < 4.78 is 41.5. The van der Waals surface area contributed by atoms with Gasteiger partial charge in [0.15, 0.2) is 22.8 Å². The van der Waals surface area contributed by atoms with Gasteiger partial charge in [-0.15, -0.1) is 0 Å². The summed E-state index contributed by atoms with van der Waals surface area (Å²) in [6, 6.07) is 19.8. The minimum Gasteiger partial charge on any atom is -0.481 e. The van der Waals surface area contributed by atoms with Crippen molar-refractivity contribution < 1.29 is 102 Å². The predicted octanol–water partition coefficient (Wildman–Crippen LogP) is 23.6. The van der Waals surface area contributed by atoms with Crippen LogP contribution in [-0.4, -0.2) is 140 Å². The Morgan fingerprint density at radius 3 is 0.939 bits per heavy atom. The fraction of sp³-hybridized carbons (Fsp3) is 0.758. The number of carbonyl (C=O) groups excluding carboxylic acids is 10. The van der Waals surface area contributed by atoms with Crippen molar-refractivity contribution in [2.24, 2.45) is 173 Å². The highest BCUT2D eigenvalue weighted by Gasteiger charge is 2.76. The van der Waals surface area contributed by atoms with Gasteiger partial charge in [0.25, 0.3) is 0 Å². The molecule has 24 heteroatoms. The van der Waals surface area contributed by atoms with E-state index in [0.29, 0.717) is 37.6 Å². The van der Waals surface area contributed by atoms with E-state index in [1.165, 1.54) is 44.8 Å². The van der Waals surface area contributed by atoms with Crippen molar-refractivity contribution in [1.29, 1.82) is 0 Å². The fourth-order valence-electron chi connectivity index (χ4n) is 35.2. The molecule has 0 aromatic heterocycles. The van der Waals surface area contributed by atoms with E-state index in [4.69, 9.17) is 36.3 Å². The van der Waals surface area contributed by atoms with E-state index in [9.17, 15) is 67.0 Å². The van der Waals surface area contributed by atoms with E-state index in [-0.39, 0.29) is 189 Å². The van der Waals surface area contributed by atoms with Crippen LogP contribution in [0.3, 0.4) is 0 Å². The van der Waals surface area contributed by atoms with Gasteiger partial charge in [-0.25, -0.2) is 0 Å². The number of ether oxygens (including phenoxy) is 5. The number of fused-ring (bicyclic) bond motifs is 21. The number of ketones is 3. The van der Waals surface area contributed by atoms with Crippen LogP contribution in [0.2, 0.25) is 0 Å². The topological polar surface area (TPSA) is 362 Å². The summed E-state index contributed by atoms with van der Waals surface area (Å²) >= 11 is 0. The van der Waals surface area contributed by atoms with Crippen LogP contribution in [-0.2, 0) is 94.4 Å². The summed E-state index contributed by atoms with van der Waals surface area (Å²) in [5, 5.41) is 32.1. The summed E-state index contributed by atoms with van der Waals surface area (Å²) in [5.74, 6) is -2.58. The number of methoxy groups -OCH3 is 3. The molecule has 0 saturated heterocycles. The predicted molar refractivity (Wildman–Crippen MR) is 570 cm³/mol. The van der Waals surface area contributed by atoms with Crippen molar-refractivity contribution in [2.45, 2.75) is 392 Å². The molecule has 23 nitrogen and oxygen atoms in total. The van der Waals surface area contributed by atoms with Crippen LogP contribution in [0, 0.1) is 167 Å². The van der Waals surface area contributed by atoms with E-state index < -0.39 is 69.5 Å². The number of carbonyl (C=O) groups is 12. The molecule has 27 atom stereocenters. The molecule has 15 aliphatic rings. The second-order valence-corrected chi connectivity index (χ2v) is 56.1. The average Bonchev–Trinajstić information content (AvgIpc) is 0.677. The Morgan fingerprint density at radius 2 is 0.655 bits per heavy atom. The van der Waals surface area contributed by atoms with E-state index in [2.05, 4.69) is 166 Å². The first-order valence-corrected chi connectivity index (χ1v) is 55.4. The number of hydrogen-bond acceptors (Lipinski definition) is 19. The number of hydrogen-bond donors (Lipinski definition) is 6. The van der Waals surface area contributed by atoms with Gasteiger partial charge in [0, 0.05) is 43.0 Å². The number of carboxylic acids is 2. The summed E-state index contributed by atoms with van der Waals surface area (Å²) in [6.07, 6.45) is 31.2. The first kappa shape index (κ1) is 117. The Balaban J connectivity index is 0.000000186. The molecule has 2 aromatic rings. The zero-order chi connectivity index (χ0) is 112. The Bertz CT molecular complexity index is 5550. The second-order valence-electron chi connectivity index (χ2n) is 56.1. The summed E-state index contributed by atoms with van der Waals surface area (Å²) in [7, 11) is 3.78. The van der Waals surface area contributed by atoms with Crippen LogP contribution >= 0.6 is 0 Å². The molecule has 0 bridgehead atoms. The van der Waals surface area contributed by atoms with E-state index >= 15 is 0 Å². The molecule has 0 heterocycles. The van der Waals surface area contributed by atoms with Crippen molar-refractivity contribution >= 4 is 70.9 Å². The Labute approximate surface area is 885 Å². The zero-order valence-corrected chi connectivity index (χ0v) is 95.9. The van der Waals surface area contributed by atoms with Crippen molar-refractivity contribution in [3.63, 3.8) is 0 Å². The number of aliphatic hydroxyl groups excluding tert-OH is 1. The number of carboxylic acid groups (broad SMARTS) is 2. The van der Waals surface area contributed by atoms with Gasteiger partial charge in [0.2, 0.25) is 11.8 Å². The molecular formula is C124H186FN3O20. The number of esters is 5. The molecule has 2 aromatic carbocycles. The minimum absolute atomic E-state index is 0.0289. The number of alkyl halides is 1. The highest BCUT2D eigenvalue weighted by atomic mass is 19.1. The standard InChI is InChI=1S/C43H61NO6.C37H53NO3.C36H55NO6.C6H10O4.CH3F.CH4O/c1-37(2)31-16-19-43(9)33(41(31,7)18-17-32(37)44-34(46)38(3,4)35(47)49-10)30(45)24-28-29-25-40(6,21-20-39(29,5)22-23-42(28,43)8)36(48)50-26-27-14-12-11-13-15-27;1-32(2)28-13-16-37(7)30(35(28,5)15-14-29(32)38)27(39)21-25-26-22-34(4,18-17-33(26,3)19-20-36(25,37)6)31(40)41-23-24-11-9-8-10-12-24;1-30(2)24-11-14-36(9)26(34(24,7)13-12-25(30)37-27(39)31(3,4)29(42)43-10)23(38)19-21-22-20-33(6,28(40)41)16-15-32(22,5)17-18-35(21,36)8;1-6(2,4(7)8)5(9)10-3;2*1-2/h11-15,24,29,31-33H,16-23,25-26H2,1-10H3,(H,44,46);8-12,21,26,28-30H,13-20,22-23,38H2,1-7H3;19,22,24-26H,11-18,20H2,1-10H3,(H,37,39)(H,40,41);1-3H3,(H,7,8);1H3;2H,1H3/t29-,31-,32-,33+,39+,40-,41-,42+,43+;26-,28-,29-,30+,33+,34-,35-,36+,37+;22-,24-,25-,26+,32+,33-,34-,35+,36+;;;/m000.../s1/i;;;;1D;. The third-order valence-corrected chi connectivity index (χ3v) is 46.2. The molecule has 17 rings (SSSR count). The second kappa shape index (κ2) is 40.9. The number of aliphatic hydroxyl groups is 1. The average molecular weight is 2060 g/mol. The fourth-order valence-corrected chi connectivity index (χ4v) is 35.2. The molecule has 12 saturated carbocycles. The number of nitrogens with one attached hydrogen (secondary N) is 2. The number of benzene rings is 2. The lowest BCUT2D eigenvalue weighted by atomic mass is 9.33.